The van der Waals surface area contributed by atoms with Gasteiger partial charge < -0.3 is 5.32 Å². The highest BCUT2D eigenvalue weighted by Gasteiger charge is 2.11. The second-order valence-electron chi connectivity index (χ2n) is 4.15. The van der Waals surface area contributed by atoms with Crippen LogP contribution in [0, 0.1) is 13.8 Å². The van der Waals surface area contributed by atoms with Crippen molar-refractivity contribution in [2.75, 3.05) is 5.32 Å². The van der Waals surface area contributed by atoms with Crippen LogP contribution in [0.3, 0.4) is 0 Å². The first-order valence-electron chi connectivity index (χ1n) is 5.72. The molecule has 3 rings (SSSR count). The Kier molecular flexibility index (Phi) is 3.38. The molecular formula is C12H11ClN4S2. The molecule has 98 valence electrons. The Morgan fingerprint density at radius 2 is 2.11 bits per heavy atom. The molecule has 2 heterocycles. The average molecular weight is 311 g/mol. The van der Waals surface area contributed by atoms with Crippen LogP contribution in [0.15, 0.2) is 12.1 Å². The molecule has 1 N–H and O–H groups in total. The molecule has 7 heteroatoms. The molecule has 0 fully saturated rings. The number of aryl methyl sites for hydroxylation is 2. The molecule has 0 spiro atoms. The molecule has 0 amide bonds. The molecule has 0 unspecified atom stereocenters. The summed E-state index contributed by atoms with van der Waals surface area (Å²) in [5.41, 5.74) is 3.61. The molecule has 0 atom stereocenters. The van der Waals surface area contributed by atoms with Gasteiger partial charge in [-0.3, -0.25) is 0 Å². The molecule has 0 saturated heterocycles. The van der Waals surface area contributed by atoms with Gasteiger partial charge in [0.05, 0.1) is 39.7 Å². The minimum absolute atomic E-state index is 0.666. The summed E-state index contributed by atoms with van der Waals surface area (Å²) in [6.07, 6.45) is 0. The fourth-order valence-corrected chi connectivity index (χ4v) is 3.54. The molecule has 3 aromatic rings. The minimum Gasteiger partial charge on any atom is -0.377 e. The first-order chi connectivity index (χ1) is 9.15. The number of nitrogens with one attached hydrogen (secondary N) is 1. The van der Waals surface area contributed by atoms with E-state index in [-0.39, 0.29) is 0 Å². The maximum Gasteiger partial charge on any atom is 0.129 e. The van der Waals surface area contributed by atoms with Gasteiger partial charge in [-0.15, -0.1) is 11.3 Å². The van der Waals surface area contributed by atoms with Gasteiger partial charge in [0.2, 0.25) is 0 Å². The van der Waals surface area contributed by atoms with Gasteiger partial charge in [-0.2, -0.15) is 8.75 Å². The van der Waals surface area contributed by atoms with E-state index in [1.54, 1.807) is 11.3 Å². The number of nitrogens with zero attached hydrogens (tertiary/aromatic N) is 3. The third-order valence-electron chi connectivity index (χ3n) is 2.80. The fraction of sp³-hybridized carbons (Fsp3) is 0.250. The lowest BCUT2D eigenvalue weighted by atomic mass is 10.2. The average Bonchev–Trinajstić information content (AvgIpc) is 2.95. The summed E-state index contributed by atoms with van der Waals surface area (Å²) in [5, 5.41) is 5.10. The highest BCUT2D eigenvalue weighted by atomic mass is 35.5. The van der Waals surface area contributed by atoms with Gasteiger partial charge in [-0.05, 0) is 26.0 Å². The Hall–Kier alpha value is -1.24. The zero-order chi connectivity index (χ0) is 13.4. The zero-order valence-corrected chi connectivity index (χ0v) is 12.8. The van der Waals surface area contributed by atoms with Crippen molar-refractivity contribution in [1.29, 1.82) is 0 Å². The van der Waals surface area contributed by atoms with Crippen molar-refractivity contribution >= 4 is 51.4 Å². The summed E-state index contributed by atoms with van der Waals surface area (Å²) in [7, 11) is 0. The number of rotatable bonds is 3. The molecule has 0 aliphatic rings. The van der Waals surface area contributed by atoms with E-state index < -0.39 is 0 Å². The number of anilines is 1. The largest absolute Gasteiger partial charge is 0.377 e. The fourth-order valence-electron chi connectivity index (χ4n) is 1.90. The van der Waals surface area contributed by atoms with Gasteiger partial charge in [-0.25, -0.2) is 4.98 Å². The van der Waals surface area contributed by atoms with Crippen LogP contribution < -0.4 is 5.32 Å². The molecule has 0 bridgehead atoms. The van der Waals surface area contributed by atoms with Gasteiger partial charge in [-0.1, -0.05) is 11.6 Å². The van der Waals surface area contributed by atoms with Gasteiger partial charge in [0, 0.05) is 4.88 Å². The van der Waals surface area contributed by atoms with Crippen molar-refractivity contribution in [3.8, 4) is 0 Å². The lowest BCUT2D eigenvalue weighted by molar-refractivity contribution is 1.11. The number of hydrogen-bond acceptors (Lipinski definition) is 6. The number of thiazole rings is 1. The maximum atomic E-state index is 6.23. The van der Waals surface area contributed by atoms with Crippen LogP contribution in [0.4, 0.5) is 5.69 Å². The SMILES string of the molecule is Cc1nc(C)c(CNc2c(Cl)ccc3nsnc23)s1. The maximum absolute atomic E-state index is 6.23. The number of fused-ring (bicyclic) bond motifs is 1. The van der Waals surface area contributed by atoms with E-state index in [4.69, 9.17) is 11.6 Å². The van der Waals surface area contributed by atoms with Crippen molar-refractivity contribution in [3.63, 3.8) is 0 Å². The Balaban J connectivity index is 1.91. The van der Waals surface area contributed by atoms with Crippen molar-refractivity contribution in [2.24, 2.45) is 0 Å². The zero-order valence-electron chi connectivity index (χ0n) is 10.4. The van der Waals surface area contributed by atoms with E-state index in [1.807, 2.05) is 26.0 Å². The van der Waals surface area contributed by atoms with E-state index in [1.165, 1.54) is 16.6 Å². The van der Waals surface area contributed by atoms with Crippen LogP contribution in [0.5, 0.6) is 0 Å². The minimum atomic E-state index is 0.666. The molecule has 0 radical (unpaired) electrons. The summed E-state index contributed by atoms with van der Waals surface area (Å²) < 4.78 is 8.51. The summed E-state index contributed by atoms with van der Waals surface area (Å²) in [4.78, 5) is 5.63. The Morgan fingerprint density at radius 1 is 1.26 bits per heavy atom. The molecule has 4 nitrogen and oxygen atoms in total. The Morgan fingerprint density at radius 3 is 2.84 bits per heavy atom. The van der Waals surface area contributed by atoms with E-state index in [2.05, 4.69) is 19.0 Å². The van der Waals surface area contributed by atoms with Crippen molar-refractivity contribution < 1.29 is 0 Å². The van der Waals surface area contributed by atoms with Crippen LogP contribution in [-0.2, 0) is 6.54 Å². The molecule has 0 aliphatic carbocycles. The Bertz CT molecular complexity index is 734. The first kappa shape index (κ1) is 12.8. The molecule has 0 saturated carbocycles. The summed E-state index contributed by atoms with van der Waals surface area (Å²) in [5.74, 6) is 0. The second-order valence-corrected chi connectivity index (χ2v) is 6.37. The van der Waals surface area contributed by atoms with Crippen LogP contribution >= 0.6 is 34.7 Å². The normalized spacial score (nSPS) is 11.1. The second kappa shape index (κ2) is 5.03. The first-order valence-corrected chi connectivity index (χ1v) is 7.65. The predicted octanol–water partition coefficient (Wildman–Crippen LogP) is 4.03. The van der Waals surface area contributed by atoms with Crippen molar-refractivity contribution in [2.45, 2.75) is 20.4 Å². The smallest absolute Gasteiger partial charge is 0.129 e. The van der Waals surface area contributed by atoms with E-state index >= 15 is 0 Å². The lowest BCUT2D eigenvalue weighted by Crippen LogP contribution is -2.00. The number of hydrogen-bond donors (Lipinski definition) is 1. The highest BCUT2D eigenvalue weighted by Crippen LogP contribution is 2.31. The van der Waals surface area contributed by atoms with E-state index in [0.717, 1.165) is 27.4 Å². The van der Waals surface area contributed by atoms with E-state index in [9.17, 15) is 0 Å². The molecule has 1 aromatic carbocycles. The van der Waals surface area contributed by atoms with Gasteiger partial charge in [0.25, 0.3) is 0 Å². The lowest BCUT2D eigenvalue weighted by Gasteiger charge is -2.07. The van der Waals surface area contributed by atoms with Crippen LogP contribution in [0.25, 0.3) is 11.0 Å². The predicted molar refractivity (Wildman–Crippen MR) is 81.3 cm³/mol. The highest BCUT2D eigenvalue weighted by molar-refractivity contribution is 7.11. The Labute approximate surface area is 123 Å². The number of halogens is 1. The molecule has 19 heavy (non-hydrogen) atoms. The monoisotopic (exact) mass is 310 g/mol. The number of benzene rings is 1. The molecule has 0 aliphatic heterocycles. The van der Waals surface area contributed by atoms with Crippen LogP contribution in [0.1, 0.15) is 15.6 Å². The topological polar surface area (TPSA) is 50.7 Å². The van der Waals surface area contributed by atoms with Crippen LogP contribution in [0.2, 0.25) is 5.02 Å². The van der Waals surface area contributed by atoms with Gasteiger partial charge in [0.1, 0.15) is 11.0 Å². The summed E-state index contributed by atoms with van der Waals surface area (Å²) in [6.45, 7) is 4.74. The summed E-state index contributed by atoms with van der Waals surface area (Å²) >= 11 is 9.13. The van der Waals surface area contributed by atoms with E-state index in [0.29, 0.717) is 11.6 Å². The van der Waals surface area contributed by atoms with Gasteiger partial charge >= 0.3 is 0 Å². The third-order valence-corrected chi connectivity index (χ3v) is 4.73. The molecular weight excluding hydrogens is 300 g/mol. The molecule has 2 aromatic heterocycles. The van der Waals surface area contributed by atoms with Crippen molar-refractivity contribution in [1.82, 2.24) is 13.7 Å². The standard InChI is InChI=1S/C12H11ClN4S2/c1-6-10(18-7(2)15-6)5-14-11-8(13)3-4-9-12(11)17-19-16-9/h3-4,14H,5H2,1-2H3. The van der Waals surface area contributed by atoms with Crippen molar-refractivity contribution in [3.05, 3.63) is 32.7 Å². The number of aromatic nitrogens is 3. The van der Waals surface area contributed by atoms with Crippen LogP contribution in [-0.4, -0.2) is 13.7 Å². The van der Waals surface area contributed by atoms with Gasteiger partial charge in [0.15, 0.2) is 0 Å². The quantitative estimate of drug-likeness (QED) is 0.793. The third kappa shape index (κ3) is 2.43. The summed E-state index contributed by atoms with van der Waals surface area (Å²) in [6, 6.07) is 3.73.